The smallest absolute Gasteiger partial charge is 0.166 e. The fraction of sp³-hybridized carbons (Fsp3) is 0.350. The SMILES string of the molecule is CC(C)(C)c1ccc(CNC(=S)NCCc2ccc(F)cc2)cc1. The third kappa shape index (κ3) is 5.93. The summed E-state index contributed by atoms with van der Waals surface area (Å²) in [4.78, 5) is 0. The Morgan fingerprint density at radius 2 is 1.50 bits per heavy atom. The van der Waals surface area contributed by atoms with Crippen molar-refractivity contribution < 1.29 is 4.39 Å². The molecule has 2 nitrogen and oxygen atoms in total. The fourth-order valence-electron chi connectivity index (χ4n) is 2.34. The zero-order valence-corrected chi connectivity index (χ0v) is 15.3. The van der Waals surface area contributed by atoms with Gasteiger partial charge < -0.3 is 10.6 Å². The molecule has 0 unspecified atom stereocenters. The first-order chi connectivity index (χ1) is 11.3. The molecule has 0 fully saturated rings. The van der Waals surface area contributed by atoms with Crippen LogP contribution in [0.5, 0.6) is 0 Å². The molecule has 0 radical (unpaired) electrons. The zero-order chi connectivity index (χ0) is 17.6. The molecule has 0 aliphatic carbocycles. The topological polar surface area (TPSA) is 24.1 Å². The molecule has 24 heavy (non-hydrogen) atoms. The summed E-state index contributed by atoms with van der Waals surface area (Å²) < 4.78 is 12.8. The van der Waals surface area contributed by atoms with Gasteiger partial charge in [0.2, 0.25) is 0 Å². The van der Waals surface area contributed by atoms with Crippen molar-refractivity contribution in [2.75, 3.05) is 6.54 Å². The van der Waals surface area contributed by atoms with Crippen LogP contribution in [0, 0.1) is 5.82 Å². The number of hydrogen-bond donors (Lipinski definition) is 2. The van der Waals surface area contributed by atoms with Crippen LogP contribution >= 0.6 is 12.2 Å². The third-order valence-electron chi connectivity index (χ3n) is 3.89. The number of rotatable bonds is 5. The Bertz CT molecular complexity index is 658. The highest BCUT2D eigenvalue weighted by atomic mass is 32.1. The summed E-state index contributed by atoms with van der Waals surface area (Å²) in [6.45, 7) is 8.05. The van der Waals surface area contributed by atoms with Gasteiger partial charge >= 0.3 is 0 Å². The van der Waals surface area contributed by atoms with E-state index in [1.165, 1.54) is 23.3 Å². The Balaban J connectivity index is 1.72. The summed E-state index contributed by atoms with van der Waals surface area (Å²) in [7, 11) is 0. The van der Waals surface area contributed by atoms with E-state index < -0.39 is 0 Å². The van der Waals surface area contributed by atoms with E-state index in [0.717, 1.165) is 18.5 Å². The molecule has 0 spiro atoms. The largest absolute Gasteiger partial charge is 0.362 e. The minimum atomic E-state index is -0.207. The Labute approximate surface area is 149 Å². The lowest BCUT2D eigenvalue weighted by atomic mass is 9.87. The van der Waals surface area contributed by atoms with Gasteiger partial charge in [-0.3, -0.25) is 0 Å². The van der Waals surface area contributed by atoms with Gasteiger partial charge in [-0.25, -0.2) is 4.39 Å². The minimum Gasteiger partial charge on any atom is -0.362 e. The predicted molar refractivity (Wildman–Crippen MR) is 103 cm³/mol. The molecule has 0 saturated heterocycles. The summed E-state index contributed by atoms with van der Waals surface area (Å²) in [6.07, 6.45) is 0.808. The van der Waals surface area contributed by atoms with Crippen molar-refractivity contribution in [1.82, 2.24) is 10.6 Å². The molecule has 2 aromatic rings. The Morgan fingerprint density at radius 1 is 0.917 bits per heavy atom. The monoisotopic (exact) mass is 344 g/mol. The van der Waals surface area contributed by atoms with Crippen molar-refractivity contribution >= 4 is 17.3 Å². The van der Waals surface area contributed by atoms with Crippen LogP contribution in [0.2, 0.25) is 0 Å². The minimum absolute atomic E-state index is 0.170. The summed E-state index contributed by atoms with van der Waals surface area (Å²) in [5, 5.41) is 7.03. The Morgan fingerprint density at radius 3 is 2.08 bits per heavy atom. The molecule has 4 heteroatoms. The molecule has 0 aliphatic rings. The van der Waals surface area contributed by atoms with Crippen LogP contribution in [0.25, 0.3) is 0 Å². The number of hydrogen-bond acceptors (Lipinski definition) is 1. The zero-order valence-electron chi connectivity index (χ0n) is 14.5. The summed E-state index contributed by atoms with van der Waals surface area (Å²) in [5.41, 5.74) is 3.78. The van der Waals surface area contributed by atoms with Crippen LogP contribution in [0.15, 0.2) is 48.5 Å². The number of thiocarbonyl (C=S) groups is 1. The molecule has 128 valence electrons. The van der Waals surface area contributed by atoms with Crippen LogP contribution in [0.1, 0.15) is 37.5 Å². The average molecular weight is 344 g/mol. The quantitative estimate of drug-likeness (QED) is 0.790. The second-order valence-electron chi connectivity index (χ2n) is 6.93. The van der Waals surface area contributed by atoms with Crippen molar-refractivity contribution in [2.45, 2.75) is 39.2 Å². The van der Waals surface area contributed by atoms with E-state index in [4.69, 9.17) is 12.2 Å². The lowest BCUT2D eigenvalue weighted by molar-refractivity contribution is 0.590. The van der Waals surface area contributed by atoms with E-state index in [2.05, 4.69) is 55.7 Å². The number of nitrogens with one attached hydrogen (secondary N) is 2. The van der Waals surface area contributed by atoms with Gasteiger partial charge in [0.1, 0.15) is 5.82 Å². The van der Waals surface area contributed by atoms with Crippen LogP contribution in [-0.2, 0) is 18.4 Å². The van der Waals surface area contributed by atoms with Gasteiger partial charge in [0, 0.05) is 13.1 Å². The predicted octanol–water partition coefficient (Wildman–Crippen LogP) is 4.33. The summed E-state index contributed by atoms with van der Waals surface area (Å²) >= 11 is 5.29. The highest BCUT2D eigenvalue weighted by molar-refractivity contribution is 7.80. The van der Waals surface area contributed by atoms with Gasteiger partial charge in [-0.2, -0.15) is 0 Å². The van der Waals surface area contributed by atoms with E-state index in [9.17, 15) is 4.39 Å². The summed E-state index contributed by atoms with van der Waals surface area (Å²) in [6, 6.07) is 15.2. The van der Waals surface area contributed by atoms with Crippen molar-refractivity contribution in [1.29, 1.82) is 0 Å². The van der Waals surface area contributed by atoms with Gasteiger partial charge in [-0.15, -0.1) is 0 Å². The molecular formula is C20H25FN2S. The lowest BCUT2D eigenvalue weighted by Gasteiger charge is -2.19. The first-order valence-corrected chi connectivity index (χ1v) is 8.61. The molecule has 2 N–H and O–H groups in total. The van der Waals surface area contributed by atoms with Gasteiger partial charge in [-0.05, 0) is 52.9 Å². The van der Waals surface area contributed by atoms with Crippen molar-refractivity contribution in [3.05, 3.63) is 71.0 Å². The van der Waals surface area contributed by atoms with E-state index in [-0.39, 0.29) is 11.2 Å². The Hall–Kier alpha value is -1.94. The van der Waals surface area contributed by atoms with E-state index in [1.807, 2.05) is 0 Å². The average Bonchev–Trinajstić information content (AvgIpc) is 2.54. The lowest BCUT2D eigenvalue weighted by Crippen LogP contribution is -2.35. The maximum Gasteiger partial charge on any atom is 0.166 e. The van der Waals surface area contributed by atoms with Crippen LogP contribution in [0.3, 0.4) is 0 Å². The molecule has 0 aromatic heterocycles. The second-order valence-corrected chi connectivity index (χ2v) is 7.34. The molecular weight excluding hydrogens is 319 g/mol. The van der Waals surface area contributed by atoms with Crippen LogP contribution < -0.4 is 10.6 Å². The first-order valence-electron chi connectivity index (χ1n) is 8.20. The highest BCUT2D eigenvalue weighted by Gasteiger charge is 2.12. The molecule has 0 saturated carbocycles. The van der Waals surface area contributed by atoms with Gasteiger partial charge in [0.25, 0.3) is 0 Å². The fourth-order valence-corrected chi connectivity index (χ4v) is 2.51. The number of halogens is 1. The first kappa shape index (κ1) is 18.4. The second kappa shape index (κ2) is 8.25. The molecule has 2 rings (SSSR count). The van der Waals surface area contributed by atoms with Crippen LogP contribution in [-0.4, -0.2) is 11.7 Å². The molecule has 0 aliphatic heterocycles. The molecule has 0 atom stereocenters. The molecule has 0 heterocycles. The van der Waals surface area contributed by atoms with Crippen LogP contribution in [0.4, 0.5) is 4.39 Å². The van der Waals surface area contributed by atoms with E-state index in [1.54, 1.807) is 12.1 Å². The Kier molecular flexibility index (Phi) is 6.32. The third-order valence-corrected chi connectivity index (χ3v) is 4.17. The normalized spacial score (nSPS) is 11.2. The maximum absolute atomic E-state index is 12.8. The van der Waals surface area contributed by atoms with E-state index >= 15 is 0 Å². The van der Waals surface area contributed by atoms with Gasteiger partial charge in [0.15, 0.2) is 5.11 Å². The van der Waals surface area contributed by atoms with Crippen molar-refractivity contribution in [2.24, 2.45) is 0 Å². The highest BCUT2D eigenvalue weighted by Crippen LogP contribution is 2.22. The van der Waals surface area contributed by atoms with Gasteiger partial charge in [0.05, 0.1) is 0 Å². The van der Waals surface area contributed by atoms with Crippen molar-refractivity contribution in [3.8, 4) is 0 Å². The maximum atomic E-state index is 12.8. The van der Waals surface area contributed by atoms with Gasteiger partial charge in [-0.1, -0.05) is 57.2 Å². The van der Waals surface area contributed by atoms with E-state index in [0.29, 0.717) is 11.7 Å². The molecule has 2 aromatic carbocycles. The van der Waals surface area contributed by atoms with Crippen molar-refractivity contribution in [3.63, 3.8) is 0 Å². The molecule has 0 bridgehead atoms. The standard InChI is InChI=1S/C20H25FN2S/c1-20(2,3)17-8-4-16(5-9-17)14-23-19(24)22-13-12-15-6-10-18(21)11-7-15/h4-11H,12-14H2,1-3H3,(H2,22,23,24). The summed E-state index contributed by atoms with van der Waals surface area (Å²) in [5.74, 6) is -0.207. The molecule has 0 amide bonds. The number of benzene rings is 2.